The Morgan fingerprint density at radius 3 is 1.91 bits per heavy atom. The first-order valence-corrected chi connectivity index (χ1v) is 14.2. The van der Waals surface area contributed by atoms with E-state index in [-0.39, 0.29) is 0 Å². The van der Waals surface area contributed by atoms with Crippen molar-refractivity contribution >= 4 is 12.0 Å². The second kappa shape index (κ2) is 14.8. The zero-order valence-electron chi connectivity index (χ0n) is 21.0. The van der Waals surface area contributed by atoms with Crippen molar-refractivity contribution in [2.45, 2.75) is 141 Å². The average molecular weight is 440 g/mol. The van der Waals surface area contributed by atoms with Crippen LogP contribution in [0.4, 0.5) is 5.69 Å². The number of fused-ring (bicyclic) bond motifs is 3. The van der Waals surface area contributed by atoms with Crippen molar-refractivity contribution in [1.82, 2.24) is 0 Å². The van der Waals surface area contributed by atoms with Crippen LogP contribution in [-0.2, 0) is 0 Å². The molecule has 1 saturated carbocycles. The normalized spacial score (nSPS) is 19.3. The summed E-state index contributed by atoms with van der Waals surface area (Å²) in [6.07, 6.45) is 27.8. The molecule has 3 rings (SSSR count). The molecule has 0 amide bonds. The lowest BCUT2D eigenvalue weighted by atomic mass is 9.96. The molecule has 2 unspecified atom stereocenters. The van der Waals surface area contributed by atoms with E-state index < -0.39 is 0 Å². The van der Waals surface area contributed by atoms with Gasteiger partial charge in [0.25, 0.3) is 0 Å². The maximum atomic E-state index is 11.2. The largest absolute Gasteiger partial charge is 0.368 e. The third-order valence-electron chi connectivity index (χ3n) is 8.03. The molecule has 0 N–H and O–H groups in total. The molecule has 1 aromatic rings. The van der Waals surface area contributed by atoms with E-state index in [2.05, 4.69) is 24.0 Å². The van der Waals surface area contributed by atoms with Gasteiger partial charge in [-0.3, -0.25) is 4.79 Å². The molecule has 1 aromatic carbocycles. The lowest BCUT2D eigenvalue weighted by Gasteiger charge is -2.27. The van der Waals surface area contributed by atoms with Gasteiger partial charge in [-0.2, -0.15) is 0 Å². The fourth-order valence-corrected chi connectivity index (χ4v) is 6.18. The Balaban J connectivity index is 1.18. The molecule has 32 heavy (non-hydrogen) atoms. The first-order valence-electron chi connectivity index (χ1n) is 14.2. The summed E-state index contributed by atoms with van der Waals surface area (Å²) in [6.45, 7) is 3.50. The number of hydrogen-bond acceptors (Lipinski definition) is 2. The number of carbonyl (C=O) groups excluding carboxylic acids is 1. The maximum absolute atomic E-state index is 11.2. The minimum atomic E-state index is 0.672. The molecule has 1 aliphatic heterocycles. The molecule has 2 aliphatic rings. The van der Waals surface area contributed by atoms with Crippen LogP contribution in [0.2, 0.25) is 0 Å². The zero-order chi connectivity index (χ0) is 22.4. The predicted octanol–water partition coefficient (Wildman–Crippen LogP) is 9.22. The van der Waals surface area contributed by atoms with Crippen molar-refractivity contribution in [3.8, 4) is 0 Å². The molecule has 0 saturated heterocycles. The molecule has 1 heterocycles. The second-order valence-electron chi connectivity index (χ2n) is 10.5. The van der Waals surface area contributed by atoms with Crippen LogP contribution >= 0.6 is 0 Å². The zero-order valence-corrected chi connectivity index (χ0v) is 21.0. The van der Waals surface area contributed by atoms with E-state index in [1.807, 2.05) is 6.07 Å². The van der Waals surface area contributed by atoms with Gasteiger partial charge in [-0.05, 0) is 43.0 Å². The standard InChI is InChI=1S/C30H49NO/c1-2-3-4-5-6-7-8-9-10-11-12-13-14-15-16-17-23-31-29-20-18-19-27(29)28-24-26(25-32)21-22-30(28)31/h21-22,24-25,27,29H,2-20,23H2,1H3. The molecule has 2 nitrogen and oxygen atoms in total. The summed E-state index contributed by atoms with van der Waals surface area (Å²) in [6, 6.07) is 7.08. The number of carbonyl (C=O) groups is 1. The molecule has 1 fully saturated rings. The smallest absolute Gasteiger partial charge is 0.150 e. The minimum absolute atomic E-state index is 0.672. The summed E-state index contributed by atoms with van der Waals surface area (Å²) in [7, 11) is 0. The SMILES string of the molecule is CCCCCCCCCCCCCCCCCCN1c2ccc(C=O)cc2C2CCCC21. The van der Waals surface area contributed by atoms with Crippen LogP contribution in [0, 0.1) is 0 Å². The number of hydrogen-bond donors (Lipinski definition) is 0. The van der Waals surface area contributed by atoms with Crippen molar-refractivity contribution < 1.29 is 4.79 Å². The highest BCUT2D eigenvalue weighted by atomic mass is 16.1. The third-order valence-corrected chi connectivity index (χ3v) is 8.03. The number of rotatable bonds is 18. The van der Waals surface area contributed by atoms with E-state index in [0.29, 0.717) is 12.0 Å². The van der Waals surface area contributed by atoms with Gasteiger partial charge >= 0.3 is 0 Å². The van der Waals surface area contributed by atoms with Crippen LogP contribution in [-0.4, -0.2) is 18.9 Å². The highest BCUT2D eigenvalue weighted by molar-refractivity contribution is 5.78. The van der Waals surface area contributed by atoms with Crippen molar-refractivity contribution in [2.75, 3.05) is 11.4 Å². The molecule has 2 heteroatoms. The van der Waals surface area contributed by atoms with Gasteiger partial charge in [0.2, 0.25) is 0 Å². The van der Waals surface area contributed by atoms with Crippen LogP contribution < -0.4 is 4.90 Å². The number of aldehydes is 1. The van der Waals surface area contributed by atoms with Gasteiger partial charge in [-0.25, -0.2) is 0 Å². The Labute approximate surface area is 198 Å². The van der Waals surface area contributed by atoms with Gasteiger partial charge in [0.1, 0.15) is 6.29 Å². The Hall–Kier alpha value is -1.31. The Morgan fingerprint density at radius 1 is 0.781 bits per heavy atom. The lowest BCUT2D eigenvalue weighted by Crippen LogP contribution is -2.32. The van der Waals surface area contributed by atoms with Crippen LogP contribution in [0.5, 0.6) is 0 Å². The summed E-state index contributed by atoms with van der Waals surface area (Å²) in [5.74, 6) is 0.672. The molecule has 2 atom stereocenters. The molecule has 0 bridgehead atoms. The van der Waals surface area contributed by atoms with E-state index in [1.54, 1.807) is 0 Å². The van der Waals surface area contributed by atoms with E-state index in [0.717, 1.165) is 11.8 Å². The van der Waals surface area contributed by atoms with Crippen molar-refractivity contribution in [1.29, 1.82) is 0 Å². The highest BCUT2D eigenvalue weighted by Crippen LogP contribution is 2.49. The summed E-state index contributed by atoms with van der Waals surface area (Å²) < 4.78 is 0. The first-order chi connectivity index (χ1) is 15.8. The molecule has 0 radical (unpaired) electrons. The van der Waals surface area contributed by atoms with Crippen LogP contribution in [0.25, 0.3) is 0 Å². The number of unbranched alkanes of at least 4 members (excludes halogenated alkanes) is 15. The fourth-order valence-electron chi connectivity index (χ4n) is 6.18. The van der Waals surface area contributed by atoms with Crippen LogP contribution in [0.15, 0.2) is 18.2 Å². The molecule has 180 valence electrons. The van der Waals surface area contributed by atoms with Gasteiger partial charge in [0, 0.05) is 29.8 Å². The summed E-state index contributed by atoms with van der Waals surface area (Å²) in [5.41, 5.74) is 3.72. The minimum Gasteiger partial charge on any atom is -0.368 e. The average Bonchev–Trinajstić information content (AvgIpc) is 3.40. The maximum Gasteiger partial charge on any atom is 0.150 e. The second-order valence-corrected chi connectivity index (χ2v) is 10.5. The highest BCUT2D eigenvalue weighted by Gasteiger charge is 2.40. The monoisotopic (exact) mass is 439 g/mol. The Bertz CT molecular complexity index is 654. The van der Waals surface area contributed by atoms with Gasteiger partial charge in [-0.15, -0.1) is 0 Å². The summed E-state index contributed by atoms with van der Waals surface area (Å²) in [4.78, 5) is 13.9. The molecule has 0 aromatic heterocycles. The van der Waals surface area contributed by atoms with Gasteiger partial charge in [-0.1, -0.05) is 110 Å². The lowest BCUT2D eigenvalue weighted by molar-refractivity contribution is 0.112. The van der Waals surface area contributed by atoms with Crippen LogP contribution in [0.1, 0.15) is 151 Å². The number of nitrogens with zero attached hydrogens (tertiary/aromatic N) is 1. The Kier molecular flexibility index (Phi) is 11.7. The third kappa shape index (κ3) is 7.63. The number of benzene rings is 1. The van der Waals surface area contributed by atoms with Crippen molar-refractivity contribution in [3.05, 3.63) is 29.3 Å². The molecular formula is C30H49NO. The van der Waals surface area contributed by atoms with Crippen molar-refractivity contribution in [3.63, 3.8) is 0 Å². The summed E-state index contributed by atoms with van der Waals surface area (Å²) >= 11 is 0. The van der Waals surface area contributed by atoms with Gasteiger partial charge in [0.05, 0.1) is 0 Å². The summed E-state index contributed by atoms with van der Waals surface area (Å²) in [5, 5.41) is 0. The fraction of sp³-hybridized carbons (Fsp3) is 0.767. The Morgan fingerprint density at radius 2 is 1.34 bits per heavy atom. The van der Waals surface area contributed by atoms with E-state index in [1.165, 1.54) is 140 Å². The quantitative estimate of drug-likeness (QED) is 0.168. The first kappa shape index (κ1) is 25.3. The predicted molar refractivity (Wildman–Crippen MR) is 139 cm³/mol. The topological polar surface area (TPSA) is 20.3 Å². The molecular weight excluding hydrogens is 390 g/mol. The van der Waals surface area contributed by atoms with E-state index >= 15 is 0 Å². The van der Waals surface area contributed by atoms with Crippen LogP contribution in [0.3, 0.4) is 0 Å². The van der Waals surface area contributed by atoms with E-state index in [9.17, 15) is 4.79 Å². The number of anilines is 1. The van der Waals surface area contributed by atoms with Gasteiger partial charge in [0.15, 0.2) is 0 Å². The van der Waals surface area contributed by atoms with Crippen molar-refractivity contribution in [2.24, 2.45) is 0 Å². The molecule has 1 aliphatic carbocycles. The van der Waals surface area contributed by atoms with Gasteiger partial charge < -0.3 is 4.90 Å². The molecule has 0 spiro atoms. The van der Waals surface area contributed by atoms with E-state index in [4.69, 9.17) is 0 Å².